The number of carbonyl (C=O) groups excluding carboxylic acids is 2. The van der Waals surface area contributed by atoms with E-state index in [4.69, 9.17) is 5.73 Å². The van der Waals surface area contributed by atoms with Crippen molar-refractivity contribution in [3.05, 3.63) is 35.9 Å². The van der Waals surface area contributed by atoms with Gasteiger partial charge in [0.2, 0.25) is 5.91 Å². The molecular weight excluding hydrogens is 268 g/mol. The summed E-state index contributed by atoms with van der Waals surface area (Å²) in [7, 11) is 1.33. The second kappa shape index (κ2) is 6.54. The number of nitrogens with two attached hydrogens (primary N) is 1. The Morgan fingerprint density at radius 1 is 1.24 bits per heavy atom. The van der Waals surface area contributed by atoms with Crippen molar-refractivity contribution >= 4 is 23.6 Å². The maximum Gasteiger partial charge on any atom is 0.330 e. The van der Waals surface area contributed by atoms with Crippen LogP contribution in [0.5, 0.6) is 0 Å². The number of hydrogen-bond acceptors (Lipinski definition) is 4. The minimum absolute atomic E-state index is 0.127. The molecule has 0 radical (unpaired) electrons. The lowest BCUT2D eigenvalue weighted by atomic mass is 9.98. The van der Waals surface area contributed by atoms with E-state index in [1.807, 2.05) is 12.1 Å². The SMILES string of the molecule is COC(=O)/C=C/c1ccc(NC(=O)C2(N)CCCC2)cc1. The Balaban J connectivity index is 1.98. The number of anilines is 1. The molecule has 0 bridgehead atoms. The zero-order valence-corrected chi connectivity index (χ0v) is 12.1. The third-order valence-corrected chi connectivity index (χ3v) is 3.73. The third-order valence-electron chi connectivity index (χ3n) is 3.73. The van der Waals surface area contributed by atoms with Gasteiger partial charge in [-0.25, -0.2) is 4.79 Å². The summed E-state index contributed by atoms with van der Waals surface area (Å²) in [4.78, 5) is 23.2. The van der Waals surface area contributed by atoms with E-state index < -0.39 is 11.5 Å². The normalized spacial score (nSPS) is 16.9. The topological polar surface area (TPSA) is 81.4 Å². The number of benzene rings is 1. The zero-order valence-electron chi connectivity index (χ0n) is 12.1. The summed E-state index contributed by atoms with van der Waals surface area (Å²) in [5.41, 5.74) is 6.92. The first-order valence-electron chi connectivity index (χ1n) is 7.00. The molecule has 0 unspecified atom stereocenters. The van der Waals surface area contributed by atoms with Gasteiger partial charge in [0.1, 0.15) is 0 Å². The van der Waals surface area contributed by atoms with Gasteiger partial charge in [0.15, 0.2) is 0 Å². The fourth-order valence-electron chi connectivity index (χ4n) is 2.40. The molecule has 0 aromatic heterocycles. The van der Waals surface area contributed by atoms with Gasteiger partial charge in [-0.1, -0.05) is 25.0 Å². The quantitative estimate of drug-likeness (QED) is 0.656. The van der Waals surface area contributed by atoms with Gasteiger partial charge in [0, 0.05) is 11.8 Å². The first-order valence-corrected chi connectivity index (χ1v) is 7.00. The summed E-state index contributed by atoms with van der Waals surface area (Å²) in [6, 6.07) is 7.19. The molecule has 1 aliphatic rings. The van der Waals surface area contributed by atoms with Crippen molar-refractivity contribution < 1.29 is 14.3 Å². The van der Waals surface area contributed by atoms with Crippen LogP contribution in [0.1, 0.15) is 31.2 Å². The number of esters is 1. The van der Waals surface area contributed by atoms with Crippen molar-refractivity contribution in [1.82, 2.24) is 0 Å². The van der Waals surface area contributed by atoms with E-state index in [2.05, 4.69) is 10.1 Å². The minimum Gasteiger partial charge on any atom is -0.466 e. The second-order valence-electron chi connectivity index (χ2n) is 5.30. The number of ether oxygens (including phenoxy) is 1. The van der Waals surface area contributed by atoms with E-state index in [9.17, 15) is 9.59 Å². The molecule has 3 N–H and O–H groups in total. The maximum absolute atomic E-state index is 12.2. The lowest BCUT2D eigenvalue weighted by molar-refractivity contribution is -0.134. The van der Waals surface area contributed by atoms with Gasteiger partial charge < -0.3 is 15.8 Å². The highest BCUT2D eigenvalue weighted by Gasteiger charge is 2.36. The molecule has 1 aromatic rings. The van der Waals surface area contributed by atoms with Crippen LogP contribution in [0, 0.1) is 0 Å². The van der Waals surface area contributed by atoms with Gasteiger partial charge in [-0.05, 0) is 36.6 Å². The average molecular weight is 288 g/mol. The Labute approximate surface area is 124 Å². The molecule has 1 saturated carbocycles. The van der Waals surface area contributed by atoms with Gasteiger partial charge in [-0.3, -0.25) is 4.79 Å². The highest BCUT2D eigenvalue weighted by molar-refractivity contribution is 5.98. The molecule has 0 saturated heterocycles. The molecule has 2 rings (SSSR count). The Kier molecular flexibility index (Phi) is 4.75. The third kappa shape index (κ3) is 3.92. The molecule has 0 atom stereocenters. The molecule has 1 aliphatic carbocycles. The number of methoxy groups -OCH3 is 1. The summed E-state index contributed by atoms with van der Waals surface area (Å²) in [5, 5.41) is 2.85. The lowest BCUT2D eigenvalue weighted by Gasteiger charge is -2.22. The Hall–Kier alpha value is -2.14. The van der Waals surface area contributed by atoms with Crippen LogP contribution >= 0.6 is 0 Å². The van der Waals surface area contributed by atoms with Gasteiger partial charge in [-0.15, -0.1) is 0 Å². The monoisotopic (exact) mass is 288 g/mol. The average Bonchev–Trinajstić information content (AvgIpc) is 2.94. The van der Waals surface area contributed by atoms with E-state index in [1.165, 1.54) is 13.2 Å². The second-order valence-corrected chi connectivity index (χ2v) is 5.30. The van der Waals surface area contributed by atoms with E-state index in [0.29, 0.717) is 5.69 Å². The smallest absolute Gasteiger partial charge is 0.330 e. The van der Waals surface area contributed by atoms with Gasteiger partial charge >= 0.3 is 5.97 Å². The summed E-state index contributed by atoms with van der Waals surface area (Å²) in [6.07, 6.45) is 6.47. The van der Waals surface area contributed by atoms with Crippen LogP contribution < -0.4 is 11.1 Å². The summed E-state index contributed by atoms with van der Waals surface area (Å²) in [5.74, 6) is -0.531. The van der Waals surface area contributed by atoms with Crippen LogP contribution in [0.25, 0.3) is 6.08 Å². The molecule has 1 fully saturated rings. The fraction of sp³-hybridized carbons (Fsp3) is 0.375. The first-order chi connectivity index (χ1) is 10.0. The van der Waals surface area contributed by atoms with Gasteiger partial charge in [-0.2, -0.15) is 0 Å². The molecule has 5 heteroatoms. The molecule has 21 heavy (non-hydrogen) atoms. The molecule has 1 amide bonds. The van der Waals surface area contributed by atoms with Crippen LogP contribution in [0.2, 0.25) is 0 Å². The highest BCUT2D eigenvalue weighted by atomic mass is 16.5. The van der Waals surface area contributed by atoms with Crippen LogP contribution in [0.4, 0.5) is 5.69 Å². The Morgan fingerprint density at radius 2 is 1.86 bits per heavy atom. The van der Waals surface area contributed by atoms with E-state index >= 15 is 0 Å². The van der Waals surface area contributed by atoms with E-state index in [0.717, 1.165) is 31.2 Å². The minimum atomic E-state index is -0.733. The van der Waals surface area contributed by atoms with Crippen molar-refractivity contribution in [1.29, 1.82) is 0 Å². The van der Waals surface area contributed by atoms with Crippen molar-refractivity contribution in [2.24, 2.45) is 5.73 Å². The van der Waals surface area contributed by atoms with Crippen LogP contribution in [-0.2, 0) is 14.3 Å². The van der Waals surface area contributed by atoms with Crippen LogP contribution in [-0.4, -0.2) is 24.5 Å². The number of rotatable bonds is 4. The maximum atomic E-state index is 12.2. The zero-order chi connectivity index (χ0) is 15.3. The van der Waals surface area contributed by atoms with Crippen LogP contribution in [0.3, 0.4) is 0 Å². The van der Waals surface area contributed by atoms with Crippen molar-refractivity contribution in [2.45, 2.75) is 31.2 Å². The summed E-state index contributed by atoms with van der Waals surface area (Å²) in [6.45, 7) is 0. The Bertz CT molecular complexity index is 543. The predicted octanol–water partition coefficient (Wildman–Crippen LogP) is 2.08. The van der Waals surface area contributed by atoms with E-state index in [1.54, 1.807) is 18.2 Å². The molecule has 5 nitrogen and oxygen atoms in total. The molecular formula is C16H20N2O3. The van der Waals surface area contributed by atoms with E-state index in [-0.39, 0.29) is 5.91 Å². The molecule has 0 heterocycles. The Morgan fingerprint density at radius 3 is 2.43 bits per heavy atom. The van der Waals surface area contributed by atoms with Crippen molar-refractivity contribution in [2.75, 3.05) is 12.4 Å². The van der Waals surface area contributed by atoms with Gasteiger partial charge in [0.05, 0.1) is 12.6 Å². The number of amides is 1. The summed E-state index contributed by atoms with van der Waals surface area (Å²) < 4.78 is 4.52. The predicted molar refractivity (Wildman–Crippen MR) is 81.5 cm³/mol. The van der Waals surface area contributed by atoms with Gasteiger partial charge in [0.25, 0.3) is 0 Å². The number of hydrogen-bond donors (Lipinski definition) is 2. The summed E-state index contributed by atoms with van der Waals surface area (Å²) >= 11 is 0. The molecule has 0 aliphatic heterocycles. The molecule has 112 valence electrons. The standard InChI is InChI=1S/C16H20N2O3/c1-21-14(19)9-6-12-4-7-13(8-5-12)18-15(20)16(17)10-2-3-11-16/h4-9H,2-3,10-11,17H2,1H3,(H,18,20)/b9-6+. The number of carbonyl (C=O) groups is 2. The largest absolute Gasteiger partial charge is 0.466 e. The molecule has 1 aromatic carbocycles. The van der Waals surface area contributed by atoms with Crippen LogP contribution in [0.15, 0.2) is 30.3 Å². The number of nitrogens with one attached hydrogen (secondary N) is 1. The molecule has 0 spiro atoms. The lowest BCUT2D eigenvalue weighted by Crippen LogP contribution is -2.48. The van der Waals surface area contributed by atoms with Crippen molar-refractivity contribution in [3.8, 4) is 0 Å². The van der Waals surface area contributed by atoms with Crippen molar-refractivity contribution in [3.63, 3.8) is 0 Å². The fourth-order valence-corrected chi connectivity index (χ4v) is 2.40. The highest BCUT2D eigenvalue weighted by Crippen LogP contribution is 2.28. The first kappa shape index (κ1) is 15.3.